The molecule has 0 amide bonds. The van der Waals surface area contributed by atoms with E-state index in [1.165, 1.54) is 0 Å². The van der Waals surface area contributed by atoms with Crippen LogP contribution in [0.5, 0.6) is 0 Å². The van der Waals surface area contributed by atoms with E-state index in [9.17, 15) is 0 Å². The highest BCUT2D eigenvalue weighted by molar-refractivity contribution is 7.09. The number of thiazole rings is 1. The Bertz CT molecular complexity index is 426. The molecule has 1 aromatic heterocycles. The quantitative estimate of drug-likeness (QED) is 0.797. The van der Waals surface area contributed by atoms with Gasteiger partial charge in [-0.15, -0.1) is 11.3 Å². The molecule has 0 aliphatic heterocycles. The number of nitrogen functional groups attached to an aromatic ring is 1. The summed E-state index contributed by atoms with van der Waals surface area (Å²) in [5, 5.41) is 3.72. The second kappa shape index (κ2) is 3.98. The van der Waals surface area contributed by atoms with Gasteiger partial charge in [-0.1, -0.05) is 11.6 Å². The lowest BCUT2D eigenvalue weighted by molar-refractivity contribution is 1.14. The monoisotopic (exact) mass is 224 g/mol. The van der Waals surface area contributed by atoms with Gasteiger partial charge in [0.25, 0.3) is 0 Å². The number of rotatable bonds is 2. The molecule has 4 heteroatoms. The van der Waals surface area contributed by atoms with E-state index in [0.29, 0.717) is 5.02 Å². The maximum Gasteiger partial charge on any atom is 0.0969 e. The predicted octanol–water partition coefficient (Wildman–Crippen LogP) is 2.97. The number of nitrogens with two attached hydrogens (primary N) is 1. The molecule has 0 aliphatic rings. The Balaban J connectivity index is 2.28. The summed E-state index contributed by atoms with van der Waals surface area (Å²) in [6.45, 7) is 0. The van der Waals surface area contributed by atoms with Gasteiger partial charge in [0.2, 0.25) is 0 Å². The summed E-state index contributed by atoms with van der Waals surface area (Å²) in [6, 6.07) is 5.51. The molecule has 2 aromatic rings. The second-order valence-corrected chi connectivity index (χ2v) is 4.36. The van der Waals surface area contributed by atoms with E-state index in [1.54, 1.807) is 23.6 Å². The lowest BCUT2D eigenvalue weighted by atomic mass is 10.1. The highest BCUT2D eigenvalue weighted by Gasteiger charge is 2.03. The van der Waals surface area contributed by atoms with Crippen molar-refractivity contribution in [1.82, 2.24) is 4.98 Å². The molecule has 1 heterocycles. The van der Waals surface area contributed by atoms with Crippen molar-refractivity contribution in [3.63, 3.8) is 0 Å². The Kier molecular flexibility index (Phi) is 2.70. The van der Waals surface area contributed by atoms with Gasteiger partial charge in [-0.05, 0) is 23.8 Å². The zero-order chi connectivity index (χ0) is 9.97. The first kappa shape index (κ1) is 9.49. The van der Waals surface area contributed by atoms with Gasteiger partial charge < -0.3 is 5.73 Å². The van der Waals surface area contributed by atoms with E-state index >= 15 is 0 Å². The van der Waals surface area contributed by atoms with Crippen molar-refractivity contribution in [3.05, 3.63) is 45.4 Å². The third-order valence-corrected chi connectivity index (χ3v) is 2.94. The van der Waals surface area contributed by atoms with Gasteiger partial charge in [0.1, 0.15) is 0 Å². The minimum Gasteiger partial charge on any atom is -0.398 e. The van der Waals surface area contributed by atoms with Crippen molar-refractivity contribution in [2.75, 3.05) is 5.73 Å². The smallest absolute Gasteiger partial charge is 0.0969 e. The summed E-state index contributed by atoms with van der Waals surface area (Å²) < 4.78 is 0. The van der Waals surface area contributed by atoms with Crippen LogP contribution >= 0.6 is 22.9 Å². The van der Waals surface area contributed by atoms with Gasteiger partial charge >= 0.3 is 0 Å². The lowest BCUT2D eigenvalue weighted by Crippen LogP contribution is -1.95. The van der Waals surface area contributed by atoms with Gasteiger partial charge in [0.15, 0.2) is 0 Å². The molecule has 0 fully saturated rings. The molecule has 2 N–H and O–H groups in total. The minimum absolute atomic E-state index is 0.714. The fourth-order valence-electron chi connectivity index (χ4n) is 1.23. The van der Waals surface area contributed by atoms with Crippen LogP contribution in [-0.4, -0.2) is 4.98 Å². The van der Waals surface area contributed by atoms with Gasteiger partial charge in [0, 0.05) is 28.7 Å². The molecular weight excluding hydrogens is 216 g/mol. The van der Waals surface area contributed by atoms with Gasteiger partial charge in [-0.3, -0.25) is 0 Å². The second-order valence-electron chi connectivity index (χ2n) is 2.95. The third-order valence-electron chi connectivity index (χ3n) is 1.93. The Morgan fingerprint density at radius 2 is 2.29 bits per heavy atom. The van der Waals surface area contributed by atoms with Crippen LogP contribution in [0, 0.1) is 0 Å². The van der Waals surface area contributed by atoms with E-state index in [-0.39, 0.29) is 0 Å². The maximum absolute atomic E-state index is 5.88. The average molecular weight is 225 g/mol. The summed E-state index contributed by atoms with van der Waals surface area (Å²) in [5.74, 6) is 0. The predicted molar refractivity (Wildman–Crippen MR) is 60.8 cm³/mol. The van der Waals surface area contributed by atoms with E-state index < -0.39 is 0 Å². The van der Waals surface area contributed by atoms with Crippen molar-refractivity contribution >= 4 is 28.6 Å². The van der Waals surface area contributed by atoms with E-state index in [2.05, 4.69) is 4.98 Å². The molecule has 2 rings (SSSR count). The van der Waals surface area contributed by atoms with Crippen molar-refractivity contribution < 1.29 is 0 Å². The summed E-state index contributed by atoms with van der Waals surface area (Å²) in [7, 11) is 0. The molecule has 0 radical (unpaired) electrons. The first-order valence-electron chi connectivity index (χ1n) is 4.18. The lowest BCUT2D eigenvalue weighted by Gasteiger charge is -2.03. The minimum atomic E-state index is 0.714. The number of hydrogen-bond donors (Lipinski definition) is 1. The van der Waals surface area contributed by atoms with E-state index in [0.717, 1.165) is 22.7 Å². The number of aromatic nitrogens is 1. The highest BCUT2D eigenvalue weighted by Crippen LogP contribution is 2.21. The molecule has 0 saturated heterocycles. The molecule has 72 valence electrons. The average Bonchev–Trinajstić information content (AvgIpc) is 2.64. The zero-order valence-electron chi connectivity index (χ0n) is 7.40. The van der Waals surface area contributed by atoms with Gasteiger partial charge in [-0.25, -0.2) is 4.98 Å². The van der Waals surface area contributed by atoms with Gasteiger partial charge in [0.05, 0.1) is 5.01 Å². The number of halogens is 1. The van der Waals surface area contributed by atoms with Crippen molar-refractivity contribution in [2.45, 2.75) is 6.42 Å². The first-order valence-corrected chi connectivity index (χ1v) is 5.44. The highest BCUT2D eigenvalue weighted by atomic mass is 35.5. The normalized spacial score (nSPS) is 10.4. The molecule has 0 atom stereocenters. The topological polar surface area (TPSA) is 38.9 Å². The van der Waals surface area contributed by atoms with Crippen LogP contribution in [0.2, 0.25) is 5.02 Å². The largest absolute Gasteiger partial charge is 0.398 e. The molecule has 2 nitrogen and oxygen atoms in total. The van der Waals surface area contributed by atoms with Crippen LogP contribution in [0.15, 0.2) is 29.8 Å². The Hall–Kier alpha value is -1.06. The molecule has 0 spiro atoms. The fourth-order valence-corrected chi connectivity index (χ4v) is 2.06. The number of hydrogen-bond acceptors (Lipinski definition) is 3. The fraction of sp³-hybridized carbons (Fsp3) is 0.100. The molecule has 0 unspecified atom stereocenters. The van der Waals surface area contributed by atoms with Crippen LogP contribution in [0.25, 0.3) is 0 Å². The Labute approximate surface area is 91.4 Å². The summed E-state index contributed by atoms with van der Waals surface area (Å²) >= 11 is 7.51. The Morgan fingerprint density at radius 1 is 1.43 bits per heavy atom. The Morgan fingerprint density at radius 3 is 3.00 bits per heavy atom. The number of benzene rings is 1. The van der Waals surface area contributed by atoms with E-state index in [4.69, 9.17) is 17.3 Å². The van der Waals surface area contributed by atoms with Crippen molar-refractivity contribution in [3.8, 4) is 0 Å². The zero-order valence-corrected chi connectivity index (χ0v) is 8.98. The number of anilines is 1. The van der Waals surface area contributed by atoms with Crippen molar-refractivity contribution in [1.29, 1.82) is 0 Å². The molecule has 0 aliphatic carbocycles. The first-order chi connectivity index (χ1) is 6.75. The van der Waals surface area contributed by atoms with Crippen LogP contribution in [0.1, 0.15) is 10.6 Å². The standard InChI is InChI=1S/C10H9ClN2S/c11-8-1-2-9(12)7(5-8)6-10-13-3-4-14-10/h1-5H,6,12H2. The van der Waals surface area contributed by atoms with Crippen LogP contribution < -0.4 is 5.73 Å². The summed E-state index contributed by atoms with van der Waals surface area (Å²) in [4.78, 5) is 4.20. The molecule has 1 aromatic carbocycles. The molecule has 0 saturated carbocycles. The molecule has 0 bridgehead atoms. The van der Waals surface area contributed by atoms with Crippen LogP contribution in [0.3, 0.4) is 0 Å². The van der Waals surface area contributed by atoms with Crippen molar-refractivity contribution in [2.24, 2.45) is 0 Å². The SMILES string of the molecule is Nc1ccc(Cl)cc1Cc1nccs1. The van der Waals surface area contributed by atoms with Gasteiger partial charge in [-0.2, -0.15) is 0 Å². The van der Waals surface area contributed by atoms with E-state index in [1.807, 2.05) is 17.5 Å². The third kappa shape index (κ3) is 2.05. The molecule has 14 heavy (non-hydrogen) atoms. The maximum atomic E-state index is 5.88. The van der Waals surface area contributed by atoms with Crippen LogP contribution in [0.4, 0.5) is 5.69 Å². The van der Waals surface area contributed by atoms with Crippen LogP contribution in [-0.2, 0) is 6.42 Å². The molecular formula is C10H9ClN2S. The number of nitrogens with zero attached hydrogens (tertiary/aromatic N) is 1. The summed E-state index contributed by atoms with van der Waals surface area (Å²) in [6.07, 6.45) is 2.55. The summed E-state index contributed by atoms with van der Waals surface area (Å²) in [5.41, 5.74) is 7.63.